The van der Waals surface area contributed by atoms with Crippen LogP contribution >= 0.6 is 12.2 Å². The number of hydrogen-bond donors (Lipinski definition) is 2. The van der Waals surface area contributed by atoms with Crippen molar-refractivity contribution in [1.82, 2.24) is 20.4 Å². The first-order valence-corrected chi connectivity index (χ1v) is 10.8. The summed E-state index contributed by atoms with van der Waals surface area (Å²) < 4.78 is 0. The van der Waals surface area contributed by atoms with Crippen molar-refractivity contribution in [3.63, 3.8) is 0 Å². The lowest BCUT2D eigenvalue weighted by atomic mass is 9.94. The van der Waals surface area contributed by atoms with E-state index >= 15 is 0 Å². The molecule has 0 saturated carbocycles. The average molecular weight is 383 g/mol. The highest BCUT2D eigenvalue weighted by molar-refractivity contribution is 7.80. The molecule has 2 saturated heterocycles. The Balaban J connectivity index is 2.13. The molecule has 150 valence electrons. The molecule has 0 aromatic rings. The minimum absolute atomic E-state index is 0.0450. The summed E-state index contributed by atoms with van der Waals surface area (Å²) in [4.78, 5) is 17.6. The summed E-state index contributed by atoms with van der Waals surface area (Å²) >= 11 is 5.55. The number of likely N-dealkylation sites (tertiary alicyclic amines) is 1. The van der Waals surface area contributed by atoms with Crippen LogP contribution in [0.3, 0.4) is 0 Å². The third kappa shape index (κ3) is 4.50. The van der Waals surface area contributed by atoms with E-state index in [2.05, 4.69) is 62.0 Å². The van der Waals surface area contributed by atoms with Crippen LogP contribution in [0.4, 0.5) is 0 Å². The Labute approximate surface area is 165 Å². The Kier molecular flexibility index (Phi) is 7.31. The lowest BCUT2D eigenvalue weighted by Gasteiger charge is -2.46. The van der Waals surface area contributed by atoms with E-state index in [1.165, 1.54) is 0 Å². The molecule has 2 N–H and O–H groups in total. The first-order valence-electron chi connectivity index (χ1n) is 10.4. The predicted molar refractivity (Wildman–Crippen MR) is 112 cm³/mol. The quantitative estimate of drug-likeness (QED) is 0.692. The van der Waals surface area contributed by atoms with E-state index in [9.17, 15) is 4.79 Å². The molecule has 0 unspecified atom stereocenters. The third-order valence-corrected chi connectivity index (χ3v) is 6.54. The van der Waals surface area contributed by atoms with Crippen molar-refractivity contribution in [2.45, 2.75) is 85.0 Å². The van der Waals surface area contributed by atoms with Crippen LogP contribution in [0.2, 0.25) is 0 Å². The van der Waals surface area contributed by atoms with E-state index in [1.807, 2.05) is 0 Å². The molecule has 2 rings (SSSR count). The molecule has 2 aliphatic heterocycles. The fourth-order valence-corrected chi connectivity index (χ4v) is 4.39. The molecular formula is C20H38N4OS. The molecule has 26 heavy (non-hydrogen) atoms. The maximum absolute atomic E-state index is 13.2. The zero-order chi connectivity index (χ0) is 19.5. The number of nitrogens with zero attached hydrogens (tertiary/aromatic N) is 2. The SMILES string of the molecule is CC[C@H](C)CN1C(=O)[C@@H]([C@@H](C)CC)NC12CCN(C(=S)NC(C)C)CC2. The zero-order valence-electron chi connectivity index (χ0n) is 17.5. The molecule has 3 atom stereocenters. The highest BCUT2D eigenvalue weighted by atomic mass is 32.1. The maximum Gasteiger partial charge on any atom is 0.241 e. The minimum Gasteiger partial charge on any atom is -0.360 e. The van der Waals surface area contributed by atoms with Gasteiger partial charge in [0, 0.05) is 38.5 Å². The lowest BCUT2D eigenvalue weighted by molar-refractivity contribution is -0.134. The molecule has 0 aromatic heterocycles. The van der Waals surface area contributed by atoms with Gasteiger partial charge in [0.25, 0.3) is 0 Å². The molecule has 2 heterocycles. The summed E-state index contributed by atoms with van der Waals surface area (Å²) in [5, 5.41) is 7.96. The van der Waals surface area contributed by atoms with Gasteiger partial charge in [0.15, 0.2) is 5.11 Å². The normalized spacial score (nSPS) is 25.0. The first-order chi connectivity index (χ1) is 12.2. The van der Waals surface area contributed by atoms with Gasteiger partial charge in [0.1, 0.15) is 0 Å². The van der Waals surface area contributed by atoms with Crippen LogP contribution in [-0.4, -0.2) is 58.2 Å². The second-order valence-corrected chi connectivity index (χ2v) is 8.98. The number of amides is 1. The number of thiocarbonyl (C=S) groups is 1. The van der Waals surface area contributed by atoms with Crippen molar-refractivity contribution in [3.8, 4) is 0 Å². The van der Waals surface area contributed by atoms with E-state index < -0.39 is 0 Å². The van der Waals surface area contributed by atoms with Gasteiger partial charge >= 0.3 is 0 Å². The molecule has 0 aliphatic carbocycles. The van der Waals surface area contributed by atoms with E-state index in [-0.39, 0.29) is 11.7 Å². The zero-order valence-corrected chi connectivity index (χ0v) is 18.3. The van der Waals surface area contributed by atoms with Crippen molar-refractivity contribution in [1.29, 1.82) is 0 Å². The summed E-state index contributed by atoms with van der Waals surface area (Å²) in [6.07, 6.45) is 3.98. The summed E-state index contributed by atoms with van der Waals surface area (Å²) in [6.45, 7) is 15.7. The van der Waals surface area contributed by atoms with Crippen LogP contribution in [0.5, 0.6) is 0 Å². The van der Waals surface area contributed by atoms with Gasteiger partial charge in [-0.1, -0.05) is 40.5 Å². The second-order valence-electron chi connectivity index (χ2n) is 8.59. The van der Waals surface area contributed by atoms with Crippen molar-refractivity contribution in [2.75, 3.05) is 19.6 Å². The predicted octanol–water partition coefficient (Wildman–Crippen LogP) is 2.95. The van der Waals surface area contributed by atoms with Gasteiger partial charge in [-0.2, -0.15) is 0 Å². The van der Waals surface area contributed by atoms with E-state index in [0.29, 0.717) is 23.8 Å². The number of nitrogens with one attached hydrogen (secondary N) is 2. The van der Waals surface area contributed by atoms with Crippen molar-refractivity contribution >= 4 is 23.2 Å². The average Bonchev–Trinajstić information content (AvgIpc) is 2.87. The number of piperidine rings is 1. The van der Waals surface area contributed by atoms with Crippen LogP contribution in [0.25, 0.3) is 0 Å². The highest BCUT2D eigenvalue weighted by Gasteiger charge is 2.52. The van der Waals surface area contributed by atoms with Gasteiger partial charge in [-0.3, -0.25) is 10.1 Å². The molecule has 6 heteroatoms. The van der Waals surface area contributed by atoms with Crippen LogP contribution in [0, 0.1) is 11.8 Å². The molecule has 5 nitrogen and oxygen atoms in total. The number of rotatable bonds is 6. The van der Waals surface area contributed by atoms with Crippen LogP contribution in [0.1, 0.15) is 67.2 Å². The fourth-order valence-electron chi connectivity index (χ4n) is 3.97. The smallest absolute Gasteiger partial charge is 0.241 e. The van der Waals surface area contributed by atoms with Crippen LogP contribution in [0.15, 0.2) is 0 Å². The highest BCUT2D eigenvalue weighted by Crippen LogP contribution is 2.35. The molecular weight excluding hydrogens is 344 g/mol. The number of hydrogen-bond acceptors (Lipinski definition) is 3. The Bertz CT molecular complexity index is 502. The molecule has 2 fully saturated rings. The number of carbonyl (C=O) groups is 1. The Morgan fingerprint density at radius 1 is 1.23 bits per heavy atom. The van der Waals surface area contributed by atoms with E-state index in [4.69, 9.17) is 12.2 Å². The monoisotopic (exact) mass is 382 g/mol. The van der Waals surface area contributed by atoms with Crippen LogP contribution < -0.4 is 10.6 Å². The van der Waals surface area contributed by atoms with Crippen molar-refractivity contribution < 1.29 is 4.79 Å². The minimum atomic E-state index is -0.196. The van der Waals surface area contributed by atoms with Gasteiger partial charge in [-0.25, -0.2) is 0 Å². The first kappa shape index (κ1) is 21.4. The lowest BCUT2D eigenvalue weighted by Crippen LogP contribution is -2.61. The van der Waals surface area contributed by atoms with E-state index in [1.54, 1.807) is 0 Å². The van der Waals surface area contributed by atoms with Crippen LogP contribution in [-0.2, 0) is 4.79 Å². The van der Waals surface area contributed by atoms with Gasteiger partial charge in [0.05, 0.1) is 11.7 Å². The van der Waals surface area contributed by atoms with Crippen molar-refractivity contribution in [2.24, 2.45) is 11.8 Å². The molecule has 1 amide bonds. The summed E-state index contributed by atoms with van der Waals surface area (Å²) in [6, 6.07) is 0.303. The molecule has 1 spiro atoms. The largest absolute Gasteiger partial charge is 0.360 e. The molecule has 2 aliphatic rings. The van der Waals surface area contributed by atoms with Gasteiger partial charge < -0.3 is 15.1 Å². The van der Waals surface area contributed by atoms with E-state index in [0.717, 1.165) is 50.4 Å². The topological polar surface area (TPSA) is 47.6 Å². The second kappa shape index (κ2) is 8.87. The van der Waals surface area contributed by atoms with Gasteiger partial charge in [-0.05, 0) is 37.9 Å². The Morgan fingerprint density at radius 2 is 1.85 bits per heavy atom. The van der Waals surface area contributed by atoms with Crippen molar-refractivity contribution in [3.05, 3.63) is 0 Å². The standard InChI is InChI=1S/C20H38N4OS/c1-7-15(5)13-24-18(25)17(16(6)8-2)22-20(24)9-11-23(12-10-20)19(26)21-14(3)4/h14-17,22H,7-13H2,1-6H3,(H,21,26)/t15-,16-,17+/m0/s1. The van der Waals surface area contributed by atoms with Gasteiger partial charge in [-0.15, -0.1) is 0 Å². The number of carbonyl (C=O) groups excluding carboxylic acids is 1. The molecule has 0 radical (unpaired) electrons. The fraction of sp³-hybridized carbons (Fsp3) is 0.900. The third-order valence-electron chi connectivity index (χ3n) is 6.17. The summed E-state index contributed by atoms with van der Waals surface area (Å²) in [5.74, 6) is 1.19. The molecule has 0 bridgehead atoms. The Hall–Kier alpha value is -0.880. The summed E-state index contributed by atoms with van der Waals surface area (Å²) in [7, 11) is 0. The van der Waals surface area contributed by atoms with Gasteiger partial charge in [0.2, 0.25) is 5.91 Å². The Morgan fingerprint density at radius 3 is 2.35 bits per heavy atom. The summed E-state index contributed by atoms with van der Waals surface area (Å²) in [5.41, 5.74) is -0.196. The molecule has 0 aromatic carbocycles. The maximum atomic E-state index is 13.2.